The molecule has 0 amide bonds. The highest BCUT2D eigenvalue weighted by molar-refractivity contribution is 7.13. The first-order chi connectivity index (χ1) is 11.2. The molecule has 0 aliphatic heterocycles. The lowest BCUT2D eigenvalue weighted by molar-refractivity contribution is 0.0605. The van der Waals surface area contributed by atoms with Crippen molar-refractivity contribution in [1.82, 2.24) is 15.0 Å². The summed E-state index contributed by atoms with van der Waals surface area (Å²) in [5.74, 6) is 1.89. The van der Waals surface area contributed by atoms with Gasteiger partial charge < -0.3 is 14.8 Å². The summed E-state index contributed by atoms with van der Waals surface area (Å²) < 4.78 is 10.9. The van der Waals surface area contributed by atoms with E-state index in [1.165, 1.54) is 24.2 Å². The molecular weight excluding hydrogens is 312 g/mol. The average molecular weight is 334 g/mol. The second-order valence-electron chi connectivity index (χ2n) is 5.72. The van der Waals surface area contributed by atoms with E-state index in [9.17, 15) is 0 Å². The van der Waals surface area contributed by atoms with Crippen LogP contribution in [0.2, 0.25) is 0 Å². The van der Waals surface area contributed by atoms with Crippen molar-refractivity contribution >= 4 is 17.2 Å². The van der Waals surface area contributed by atoms with Gasteiger partial charge in [-0.2, -0.15) is 4.98 Å². The number of hydrogen-bond donors (Lipinski definition) is 1. The van der Waals surface area contributed by atoms with E-state index in [0.29, 0.717) is 11.7 Å². The van der Waals surface area contributed by atoms with Gasteiger partial charge in [-0.05, 0) is 19.8 Å². The second-order valence-corrected chi connectivity index (χ2v) is 6.58. The molecule has 1 aliphatic carbocycles. The maximum absolute atomic E-state index is 5.60. The molecule has 1 saturated carbocycles. The Balaban J connectivity index is 1.86. The van der Waals surface area contributed by atoms with Crippen molar-refractivity contribution in [2.45, 2.75) is 44.8 Å². The highest BCUT2D eigenvalue weighted by atomic mass is 32.1. The van der Waals surface area contributed by atoms with Gasteiger partial charge in [-0.1, -0.05) is 12.8 Å². The maximum atomic E-state index is 5.60. The lowest BCUT2D eigenvalue weighted by Crippen LogP contribution is -2.38. The van der Waals surface area contributed by atoms with Gasteiger partial charge >= 0.3 is 0 Å². The fourth-order valence-electron chi connectivity index (χ4n) is 2.89. The Kier molecular flexibility index (Phi) is 5.07. The minimum Gasteiger partial charge on any atom is -0.481 e. The molecule has 0 aromatic carbocycles. The lowest BCUT2D eigenvalue weighted by atomic mass is 9.92. The molecule has 0 bridgehead atoms. The fourth-order valence-corrected chi connectivity index (χ4v) is 3.62. The van der Waals surface area contributed by atoms with Crippen LogP contribution in [0.4, 0.5) is 5.82 Å². The van der Waals surface area contributed by atoms with Crippen molar-refractivity contribution in [2.75, 3.05) is 19.5 Å². The van der Waals surface area contributed by atoms with E-state index < -0.39 is 0 Å². The van der Waals surface area contributed by atoms with Gasteiger partial charge in [0, 0.05) is 24.3 Å². The Bertz CT molecular complexity index is 661. The van der Waals surface area contributed by atoms with Gasteiger partial charge in [0.25, 0.3) is 0 Å². The topological polar surface area (TPSA) is 69.2 Å². The van der Waals surface area contributed by atoms with Gasteiger partial charge in [0.1, 0.15) is 5.82 Å². The Morgan fingerprint density at radius 3 is 2.70 bits per heavy atom. The fraction of sp³-hybridized carbons (Fsp3) is 0.562. The summed E-state index contributed by atoms with van der Waals surface area (Å²) in [5, 5.41) is 6.29. The summed E-state index contributed by atoms with van der Waals surface area (Å²) in [6.45, 7) is 1.96. The van der Waals surface area contributed by atoms with Crippen molar-refractivity contribution in [3.63, 3.8) is 0 Å². The first-order valence-corrected chi connectivity index (χ1v) is 8.72. The molecule has 0 saturated heterocycles. The van der Waals surface area contributed by atoms with Crippen LogP contribution in [-0.4, -0.2) is 41.3 Å². The molecule has 23 heavy (non-hydrogen) atoms. The highest BCUT2D eigenvalue weighted by Gasteiger charge is 2.25. The monoisotopic (exact) mass is 334 g/mol. The first kappa shape index (κ1) is 16.1. The molecule has 2 aromatic heterocycles. The Morgan fingerprint density at radius 2 is 2.00 bits per heavy atom. The number of methoxy groups -OCH3 is 2. The number of aromatic nitrogens is 3. The third-order valence-electron chi connectivity index (χ3n) is 4.06. The third kappa shape index (κ3) is 3.79. The molecule has 2 atom stereocenters. The normalized spacial score (nSPS) is 21.2. The zero-order chi connectivity index (χ0) is 16.2. The molecule has 124 valence electrons. The van der Waals surface area contributed by atoms with Gasteiger partial charge in [0.2, 0.25) is 5.88 Å². The van der Waals surface area contributed by atoms with Crippen LogP contribution < -0.4 is 10.1 Å². The second kappa shape index (κ2) is 7.23. The average Bonchev–Trinajstić information content (AvgIpc) is 3.01. The van der Waals surface area contributed by atoms with Crippen LogP contribution in [0.1, 0.15) is 31.4 Å². The number of ether oxygens (including phenoxy) is 2. The van der Waals surface area contributed by atoms with Crippen molar-refractivity contribution in [3.8, 4) is 16.7 Å². The van der Waals surface area contributed by atoms with Gasteiger partial charge in [0.05, 0.1) is 19.3 Å². The Morgan fingerprint density at radius 1 is 1.17 bits per heavy atom. The summed E-state index contributed by atoms with van der Waals surface area (Å²) >= 11 is 1.54. The molecular formula is C16H22N4O2S. The summed E-state index contributed by atoms with van der Waals surface area (Å²) in [4.78, 5) is 13.5. The zero-order valence-electron chi connectivity index (χ0n) is 13.7. The minimum atomic E-state index is 0.218. The van der Waals surface area contributed by atoms with Crippen LogP contribution >= 0.6 is 11.3 Å². The molecule has 3 rings (SSSR count). The first-order valence-electron chi connectivity index (χ1n) is 7.84. The molecule has 1 fully saturated rings. The summed E-state index contributed by atoms with van der Waals surface area (Å²) in [6, 6.07) is 2.09. The van der Waals surface area contributed by atoms with Crippen LogP contribution in [0, 0.1) is 6.92 Å². The van der Waals surface area contributed by atoms with Crippen molar-refractivity contribution in [1.29, 1.82) is 0 Å². The van der Waals surface area contributed by atoms with Crippen LogP contribution in [-0.2, 0) is 4.74 Å². The van der Waals surface area contributed by atoms with E-state index in [1.807, 2.05) is 18.4 Å². The van der Waals surface area contributed by atoms with E-state index in [1.54, 1.807) is 14.2 Å². The predicted octanol–water partition coefficient (Wildman–Crippen LogP) is 3.29. The van der Waals surface area contributed by atoms with Crippen LogP contribution in [0.15, 0.2) is 11.4 Å². The number of anilines is 1. The molecule has 6 nitrogen and oxygen atoms in total. The van der Waals surface area contributed by atoms with Crippen LogP contribution in [0.3, 0.4) is 0 Å². The summed E-state index contributed by atoms with van der Waals surface area (Å²) in [5.41, 5.74) is 0.970. The number of nitrogens with one attached hydrogen (secondary N) is 1. The maximum Gasteiger partial charge on any atom is 0.218 e. The predicted molar refractivity (Wildman–Crippen MR) is 91.1 cm³/mol. The Hall–Kier alpha value is -1.73. The minimum absolute atomic E-state index is 0.218. The number of aryl methyl sites for hydroxylation is 1. The molecule has 0 spiro atoms. The van der Waals surface area contributed by atoms with Gasteiger partial charge in [-0.25, -0.2) is 9.97 Å². The molecule has 2 heterocycles. The SMILES string of the molecule is COc1cc(NC2CCCCC2OC)nc(-c2nc(C)cs2)n1. The molecule has 2 aromatic rings. The molecule has 1 N–H and O–H groups in total. The molecule has 2 unspecified atom stereocenters. The molecule has 0 radical (unpaired) electrons. The number of thiazole rings is 1. The van der Waals surface area contributed by atoms with E-state index >= 15 is 0 Å². The van der Waals surface area contributed by atoms with Crippen molar-refractivity contribution in [3.05, 3.63) is 17.1 Å². The van der Waals surface area contributed by atoms with E-state index in [0.717, 1.165) is 29.4 Å². The smallest absolute Gasteiger partial charge is 0.218 e. The van der Waals surface area contributed by atoms with E-state index in [4.69, 9.17) is 9.47 Å². The number of hydrogen-bond acceptors (Lipinski definition) is 7. The summed E-state index contributed by atoms with van der Waals surface area (Å²) in [7, 11) is 3.39. The Labute approximate surface area is 140 Å². The van der Waals surface area contributed by atoms with Gasteiger partial charge in [-0.15, -0.1) is 11.3 Å². The van der Waals surface area contributed by atoms with Crippen LogP contribution in [0.25, 0.3) is 10.8 Å². The standard InChI is InChI=1S/C16H22N4O2S/c1-10-9-23-16(17-10)15-19-13(8-14(20-15)22-3)18-11-6-4-5-7-12(11)21-2/h8-9,11-12H,4-7H2,1-3H3,(H,18,19,20). The molecule has 1 aliphatic rings. The van der Waals surface area contributed by atoms with Crippen molar-refractivity contribution < 1.29 is 9.47 Å². The highest BCUT2D eigenvalue weighted by Crippen LogP contribution is 2.27. The van der Waals surface area contributed by atoms with Gasteiger partial charge in [0.15, 0.2) is 10.8 Å². The van der Waals surface area contributed by atoms with E-state index in [-0.39, 0.29) is 12.1 Å². The van der Waals surface area contributed by atoms with Crippen molar-refractivity contribution in [2.24, 2.45) is 0 Å². The van der Waals surface area contributed by atoms with Gasteiger partial charge in [-0.3, -0.25) is 0 Å². The van der Waals surface area contributed by atoms with Crippen LogP contribution in [0.5, 0.6) is 5.88 Å². The zero-order valence-corrected chi connectivity index (χ0v) is 14.5. The number of nitrogens with zero attached hydrogens (tertiary/aromatic N) is 3. The van der Waals surface area contributed by atoms with E-state index in [2.05, 4.69) is 20.3 Å². The third-order valence-corrected chi connectivity index (χ3v) is 5.02. The number of rotatable bonds is 5. The quantitative estimate of drug-likeness (QED) is 0.905. The largest absolute Gasteiger partial charge is 0.481 e. The summed E-state index contributed by atoms with van der Waals surface area (Å²) in [6.07, 6.45) is 4.80. The molecule has 7 heteroatoms. The lowest BCUT2D eigenvalue weighted by Gasteiger charge is -2.31.